The first-order chi connectivity index (χ1) is 14.1. The molecule has 1 aliphatic heterocycles. The Labute approximate surface area is 184 Å². The quantitative estimate of drug-likeness (QED) is 0.570. The maximum Gasteiger partial charge on any atom is 0.260 e. The van der Waals surface area contributed by atoms with E-state index < -0.39 is 5.82 Å². The number of hydrogen-bond acceptors (Lipinski definition) is 6. The summed E-state index contributed by atoms with van der Waals surface area (Å²) in [7, 11) is 1.61. The maximum atomic E-state index is 13.7. The van der Waals surface area contributed by atoms with Crippen LogP contribution in [0.5, 0.6) is 5.75 Å². The van der Waals surface area contributed by atoms with E-state index in [0.29, 0.717) is 42.7 Å². The molecule has 0 spiro atoms. The molecule has 0 N–H and O–H groups in total. The van der Waals surface area contributed by atoms with Gasteiger partial charge in [-0.25, -0.2) is 9.37 Å². The second kappa shape index (κ2) is 10.2. The normalized spacial score (nSPS) is 14.3. The van der Waals surface area contributed by atoms with Crippen molar-refractivity contribution in [3.8, 4) is 5.75 Å². The number of carbonyl (C=O) groups is 1. The van der Waals surface area contributed by atoms with Gasteiger partial charge in [-0.2, -0.15) is 0 Å². The Morgan fingerprint density at radius 1 is 1.27 bits per heavy atom. The third-order valence-corrected chi connectivity index (χ3v) is 5.93. The highest BCUT2D eigenvalue weighted by molar-refractivity contribution is 7.22. The second-order valence-electron chi connectivity index (χ2n) is 6.75. The van der Waals surface area contributed by atoms with Crippen molar-refractivity contribution in [1.29, 1.82) is 0 Å². The van der Waals surface area contributed by atoms with Gasteiger partial charge in [0.25, 0.3) is 5.91 Å². The SMILES string of the molecule is COc1ccc2sc(N(CCN3CCOCC3)C(=O)c3cccc(F)c3)nc2c1.Cl. The molecule has 3 aromatic rings. The summed E-state index contributed by atoms with van der Waals surface area (Å²) in [6.45, 7) is 4.21. The summed E-state index contributed by atoms with van der Waals surface area (Å²) in [6, 6.07) is 11.4. The highest BCUT2D eigenvalue weighted by Gasteiger charge is 2.23. The van der Waals surface area contributed by atoms with Gasteiger partial charge in [-0.3, -0.25) is 14.6 Å². The van der Waals surface area contributed by atoms with Crippen LogP contribution < -0.4 is 9.64 Å². The van der Waals surface area contributed by atoms with E-state index >= 15 is 0 Å². The van der Waals surface area contributed by atoms with Crippen LogP contribution in [0.1, 0.15) is 10.4 Å². The van der Waals surface area contributed by atoms with E-state index in [-0.39, 0.29) is 18.3 Å². The minimum atomic E-state index is -0.432. The molecule has 2 aromatic carbocycles. The van der Waals surface area contributed by atoms with Crippen LogP contribution in [0.25, 0.3) is 10.2 Å². The molecule has 1 fully saturated rings. The fourth-order valence-electron chi connectivity index (χ4n) is 3.27. The average molecular weight is 452 g/mol. The number of rotatable bonds is 6. The van der Waals surface area contributed by atoms with E-state index in [4.69, 9.17) is 9.47 Å². The summed E-state index contributed by atoms with van der Waals surface area (Å²) in [5, 5.41) is 0.593. The standard InChI is InChI=1S/C21H22FN3O3S.ClH/c1-27-17-5-6-19-18(14-17)23-21(29-19)25(8-7-24-9-11-28-12-10-24)20(26)15-3-2-4-16(22)13-15;/h2-6,13-14H,7-12H2,1H3;1H. The molecule has 0 aliphatic carbocycles. The van der Waals surface area contributed by atoms with Gasteiger partial charge in [0, 0.05) is 37.8 Å². The lowest BCUT2D eigenvalue weighted by atomic mass is 10.2. The van der Waals surface area contributed by atoms with Crippen LogP contribution in [0.2, 0.25) is 0 Å². The van der Waals surface area contributed by atoms with E-state index in [9.17, 15) is 9.18 Å². The van der Waals surface area contributed by atoms with Gasteiger partial charge in [0.05, 0.1) is 30.5 Å². The Kier molecular flexibility index (Phi) is 7.60. The van der Waals surface area contributed by atoms with Gasteiger partial charge in [0.1, 0.15) is 11.6 Å². The number of aromatic nitrogens is 1. The zero-order valence-electron chi connectivity index (χ0n) is 16.5. The Balaban J connectivity index is 0.00000256. The van der Waals surface area contributed by atoms with E-state index in [1.807, 2.05) is 18.2 Å². The third kappa shape index (κ3) is 5.07. The number of morpholine rings is 1. The smallest absolute Gasteiger partial charge is 0.260 e. The molecule has 1 saturated heterocycles. The molecule has 1 amide bonds. The molecule has 0 saturated carbocycles. The molecule has 9 heteroatoms. The van der Waals surface area contributed by atoms with Crippen LogP contribution in [0.15, 0.2) is 42.5 Å². The second-order valence-corrected chi connectivity index (χ2v) is 7.76. The number of carbonyl (C=O) groups excluding carboxylic acids is 1. The minimum Gasteiger partial charge on any atom is -0.497 e. The van der Waals surface area contributed by atoms with Gasteiger partial charge < -0.3 is 9.47 Å². The number of fused-ring (bicyclic) bond motifs is 1. The molecule has 4 rings (SSSR count). The Bertz CT molecular complexity index is 1010. The van der Waals surface area contributed by atoms with Crippen LogP contribution in [-0.4, -0.2) is 62.3 Å². The molecule has 0 radical (unpaired) electrons. The molecule has 0 atom stereocenters. The summed E-state index contributed by atoms with van der Waals surface area (Å²) >= 11 is 1.44. The summed E-state index contributed by atoms with van der Waals surface area (Å²) in [4.78, 5) is 21.8. The maximum absolute atomic E-state index is 13.7. The molecular formula is C21H23ClFN3O3S. The number of hydrogen-bond donors (Lipinski definition) is 0. The number of nitrogens with zero attached hydrogens (tertiary/aromatic N) is 3. The number of anilines is 1. The van der Waals surface area contributed by atoms with Crippen molar-refractivity contribution in [1.82, 2.24) is 9.88 Å². The van der Waals surface area contributed by atoms with Crippen molar-refractivity contribution < 1.29 is 18.7 Å². The van der Waals surface area contributed by atoms with Gasteiger partial charge in [0.15, 0.2) is 5.13 Å². The molecule has 1 aliphatic rings. The van der Waals surface area contributed by atoms with Crippen molar-refractivity contribution in [2.24, 2.45) is 0 Å². The van der Waals surface area contributed by atoms with Crippen LogP contribution >= 0.6 is 23.7 Å². The number of amides is 1. The summed E-state index contributed by atoms with van der Waals surface area (Å²) in [6.07, 6.45) is 0. The van der Waals surface area contributed by atoms with Crippen molar-refractivity contribution in [2.75, 3.05) is 51.4 Å². The number of benzene rings is 2. The summed E-state index contributed by atoms with van der Waals surface area (Å²) in [5.74, 6) is 0.0208. The molecule has 30 heavy (non-hydrogen) atoms. The topological polar surface area (TPSA) is 54.9 Å². The molecule has 160 valence electrons. The van der Waals surface area contributed by atoms with Crippen LogP contribution in [-0.2, 0) is 4.74 Å². The van der Waals surface area contributed by atoms with Crippen molar-refractivity contribution in [3.05, 3.63) is 53.8 Å². The first-order valence-electron chi connectivity index (χ1n) is 9.46. The van der Waals surface area contributed by atoms with Crippen LogP contribution in [0.3, 0.4) is 0 Å². The lowest BCUT2D eigenvalue weighted by Gasteiger charge is -2.29. The Hall–Kier alpha value is -2.26. The van der Waals surface area contributed by atoms with E-state index in [2.05, 4.69) is 9.88 Å². The lowest BCUT2D eigenvalue weighted by Crippen LogP contribution is -2.43. The number of ether oxygens (including phenoxy) is 2. The van der Waals surface area contributed by atoms with Gasteiger partial charge in [-0.1, -0.05) is 17.4 Å². The van der Waals surface area contributed by atoms with Gasteiger partial charge >= 0.3 is 0 Å². The molecular weight excluding hydrogens is 429 g/mol. The Morgan fingerprint density at radius 3 is 2.80 bits per heavy atom. The predicted molar refractivity (Wildman–Crippen MR) is 119 cm³/mol. The monoisotopic (exact) mass is 451 g/mol. The largest absolute Gasteiger partial charge is 0.497 e. The predicted octanol–water partition coefficient (Wildman–Crippen LogP) is 3.84. The van der Waals surface area contributed by atoms with E-state index in [1.165, 1.54) is 23.5 Å². The van der Waals surface area contributed by atoms with Crippen LogP contribution in [0.4, 0.5) is 9.52 Å². The third-order valence-electron chi connectivity index (χ3n) is 4.87. The zero-order valence-corrected chi connectivity index (χ0v) is 18.2. The first kappa shape index (κ1) is 22.4. The zero-order chi connectivity index (χ0) is 20.2. The van der Waals surface area contributed by atoms with Crippen molar-refractivity contribution in [2.45, 2.75) is 0 Å². The molecule has 6 nitrogen and oxygen atoms in total. The first-order valence-corrected chi connectivity index (χ1v) is 10.3. The fraction of sp³-hybridized carbons (Fsp3) is 0.333. The number of halogens is 2. The highest BCUT2D eigenvalue weighted by Crippen LogP contribution is 2.32. The number of methoxy groups -OCH3 is 1. The lowest BCUT2D eigenvalue weighted by molar-refractivity contribution is 0.0391. The van der Waals surface area contributed by atoms with Crippen molar-refractivity contribution >= 4 is 45.0 Å². The Morgan fingerprint density at radius 2 is 2.07 bits per heavy atom. The molecule has 2 heterocycles. The van der Waals surface area contributed by atoms with E-state index in [0.717, 1.165) is 23.3 Å². The average Bonchev–Trinajstić information content (AvgIpc) is 3.17. The van der Waals surface area contributed by atoms with Gasteiger partial charge in [-0.15, -0.1) is 12.4 Å². The van der Waals surface area contributed by atoms with Gasteiger partial charge in [-0.05, 0) is 30.3 Å². The van der Waals surface area contributed by atoms with Crippen LogP contribution in [0, 0.1) is 5.82 Å². The van der Waals surface area contributed by atoms with E-state index in [1.54, 1.807) is 24.1 Å². The van der Waals surface area contributed by atoms with Gasteiger partial charge in [0.2, 0.25) is 0 Å². The minimum absolute atomic E-state index is 0. The van der Waals surface area contributed by atoms with Crippen molar-refractivity contribution in [3.63, 3.8) is 0 Å². The fourth-order valence-corrected chi connectivity index (χ4v) is 4.24. The number of thiazole rings is 1. The highest BCUT2D eigenvalue weighted by atomic mass is 35.5. The molecule has 0 unspecified atom stereocenters. The summed E-state index contributed by atoms with van der Waals surface area (Å²) in [5.41, 5.74) is 1.08. The molecule has 1 aromatic heterocycles. The summed E-state index contributed by atoms with van der Waals surface area (Å²) < 4.78 is 25.3. The molecule has 0 bridgehead atoms.